The number of phenols is 1. The van der Waals surface area contributed by atoms with Crippen molar-refractivity contribution >= 4 is 5.69 Å². The lowest BCUT2D eigenvalue weighted by Crippen LogP contribution is -1.86. The fourth-order valence-electron chi connectivity index (χ4n) is 0.685. The molecule has 0 heterocycles. The predicted molar refractivity (Wildman–Crippen MR) is 60.3 cm³/mol. The van der Waals surface area contributed by atoms with Gasteiger partial charge < -0.3 is 10.4 Å². The molecule has 76 valence electrons. The van der Waals surface area contributed by atoms with Crippen LogP contribution in [0, 0.1) is 0 Å². The predicted octanol–water partition coefficient (Wildman–Crippen LogP) is 3.49. The van der Waals surface area contributed by atoms with Gasteiger partial charge in [-0.25, -0.2) is 0 Å². The number of aromatic hydroxyl groups is 1. The first-order chi connectivity index (χ1) is 6.34. The molecule has 13 heavy (non-hydrogen) atoms. The van der Waals surface area contributed by atoms with Gasteiger partial charge in [0.25, 0.3) is 0 Å². The summed E-state index contributed by atoms with van der Waals surface area (Å²) in [6, 6.07) is 7.11. The van der Waals surface area contributed by atoms with Gasteiger partial charge in [-0.05, 0) is 12.1 Å². The maximum absolute atomic E-state index is 9.05. The third-order valence-electron chi connectivity index (χ3n) is 1.17. The molecule has 1 aromatic carbocycles. The van der Waals surface area contributed by atoms with Crippen LogP contribution < -0.4 is 5.32 Å². The molecule has 0 spiro atoms. The van der Waals surface area contributed by atoms with E-state index in [1.165, 1.54) is 0 Å². The molecule has 0 aliphatic heterocycles. The molecule has 0 aromatic heterocycles. The maximum Gasteiger partial charge on any atom is 0.138 e. The number of phenolic OH excluding ortho intramolecular Hbond substituents is 1. The Kier molecular flexibility index (Phi) is 11.9. The Bertz CT molecular complexity index is 199. The zero-order valence-electron chi connectivity index (χ0n) is 9.26. The summed E-state index contributed by atoms with van der Waals surface area (Å²) in [5.74, 6) is 0.292. The van der Waals surface area contributed by atoms with Crippen LogP contribution in [0.3, 0.4) is 0 Å². The minimum absolute atomic E-state index is 0.292. The summed E-state index contributed by atoms with van der Waals surface area (Å²) in [4.78, 5) is 0. The first-order valence-electron chi connectivity index (χ1n) is 4.80. The van der Waals surface area contributed by atoms with E-state index in [0.717, 1.165) is 5.69 Å². The summed E-state index contributed by atoms with van der Waals surface area (Å²) in [5.41, 5.74) is 0.762. The van der Waals surface area contributed by atoms with E-state index in [0.29, 0.717) is 5.75 Å². The Balaban J connectivity index is 0. The van der Waals surface area contributed by atoms with Crippen molar-refractivity contribution in [1.82, 2.24) is 0 Å². The quantitative estimate of drug-likeness (QED) is 0.653. The van der Waals surface area contributed by atoms with Gasteiger partial charge >= 0.3 is 0 Å². The number of rotatable bonds is 1. The highest BCUT2D eigenvalue weighted by atomic mass is 16.3. The van der Waals surface area contributed by atoms with Crippen molar-refractivity contribution in [3.05, 3.63) is 24.3 Å². The SMILES string of the molecule is CC.CC.CNc1ccccc1O. The minimum Gasteiger partial charge on any atom is -0.506 e. The van der Waals surface area contributed by atoms with Crippen LogP contribution in [0.1, 0.15) is 27.7 Å². The second kappa shape index (κ2) is 10.8. The standard InChI is InChI=1S/C7H9NO.2C2H6/c1-8-6-4-2-3-5-7(6)9;2*1-2/h2-5,8-9H,1H3;2*1-2H3. The van der Waals surface area contributed by atoms with E-state index in [9.17, 15) is 0 Å². The summed E-state index contributed by atoms with van der Waals surface area (Å²) in [6.45, 7) is 8.00. The van der Waals surface area contributed by atoms with E-state index in [-0.39, 0.29) is 0 Å². The molecule has 0 amide bonds. The second-order valence-electron chi connectivity index (χ2n) is 1.77. The molecule has 0 aliphatic carbocycles. The first kappa shape index (κ1) is 14.3. The molecule has 0 fully saturated rings. The Labute approximate surface area is 81.6 Å². The summed E-state index contributed by atoms with van der Waals surface area (Å²) in [7, 11) is 1.77. The van der Waals surface area contributed by atoms with Gasteiger partial charge in [0.2, 0.25) is 0 Å². The number of nitrogens with one attached hydrogen (secondary N) is 1. The Morgan fingerprint density at radius 3 is 1.77 bits per heavy atom. The van der Waals surface area contributed by atoms with Crippen molar-refractivity contribution in [1.29, 1.82) is 0 Å². The van der Waals surface area contributed by atoms with E-state index < -0.39 is 0 Å². The zero-order chi connectivity index (χ0) is 10.7. The van der Waals surface area contributed by atoms with Crippen LogP contribution in [-0.2, 0) is 0 Å². The fraction of sp³-hybridized carbons (Fsp3) is 0.455. The molecule has 2 heteroatoms. The third kappa shape index (κ3) is 6.02. The molecule has 0 radical (unpaired) electrons. The van der Waals surface area contributed by atoms with Gasteiger partial charge in [0.15, 0.2) is 0 Å². The summed E-state index contributed by atoms with van der Waals surface area (Å²) in [5, 5.41) is 11.9. The van der Waals surface area contributed by atoms with Gasteiger partial charge in [-0.3, -0.25) is 0 Å². The molecule has 0 aliphatic rings. The Morgan fingerprint density at radius 1 is 1.00 bits per heavy atom. The van der Waals surface area contributed by atoms with Crippen LogP contribution in [0.2, 0.25) is 0 Å². The van der Waals surface area contributed by atoms with Gasteiger partial charge in [-0.2, -0.15) is 0 Å². The van der Waals surface area contributed by atoms with Crippen LogP contribution >= 0.6 is 0 Å². The van der Waals surface area contributed by atoms with Crippen molar-refractivity contribution in [2.45, 2.75) is 27.7 Å². The van der Waals surface area contributed by atoms with E-state index in [1.807, 2.05) is 39.8 Å². The third-order valence-corrected chi connectivity index (χ3v) is 1.17. The number of anilines is 1. The van der Waals surface area contributed by atoms with Crippen LogP contribution in [0.5, 0.6) is 5.75 Å². The number of para-hydroxylation sites is 2. The van der Waals surface area contributed by atoms with Crippen molar-refractivity contribution in [2.75, 3.05) is 12.4 Å². The van der Waals surface area contributed by atoms with Crippen LogP contribution in [0.15, 0.2) is 24.3 Å². The fourth-order valence-corrected chi connectivity index (χ4v) is 0.685. The Hall–Kier alpha value is -1.18. The van der Waals surface area contributed by atoms with Gasteiger partial charge in [0.1, 0.15) is 5.75 Å². The van der Waals surface area contributed by atoms with Crippen molar-refractivity contribution < 1.29 is 5.11 Å². The molecule has 0 bridgehead atoms. The molecule has 2 N–H and O–H groups in total. The smallest absolute Gasteiger partial charge is 0.138 e. The van der Waals surface area contributed by atoms with E-state index in [2.05, 4.69) is 5.32 Å². The summed E-state index contributed by atoms with van der Waals surface area (Å²) in [6.07, 6.45) is 0. The van der Waals surface area contributed by atoms with Gasteiger partial charge in [-0.1, -0.05) is 39.8 Å². The second-order valence-corrected chi connectivity index (χ2v) is 1.77. The Morgan fingerprint density at radius 2 is 1.46 bits per heavy atom. The van der Waals surface area contributed by atoms with E-state index in [1.54, 1.807) is 19.2 Å². The molecule has 0 unspecified atom stereocenters. The van der Waals surface area contributed by atoms with Gasteiger partial charge in [0, 0.05) is 7.05 Å². The highest BCUT2D eigenvalue weighted by Gasteiger charge is 1.91. The molecule has 1 aromatic rings. The monoisotopic (exact) mass is 183 g/mol. The molecule has 2 nitrogen and oxygen atoms in total. The highest BCUT2D eigenvalue weighted by Crippen LogP contribution is 2.19. The normalized spacial score (nSPS) is 7.15. The van der Waals surface area contributed by atoms with Gasteiger partial charge in [0.05, 0.1) is 5.69 Å². The number of hydrogen-bond acceptors (Lipinski definition) is 2. The molecule has 0 saturated carbocycles. The zero-order valence-corrected chi connectivity index (χ0v) is 9.26. The van der Waals surface area contributed by atoms with E-state index >= 15 is 0 Å². The van der Waals surface area contributed by atoms with Crippen LogP contribution in [0.4, 0.5) is 5.69 Å². The molecule has 1 rings (SSSR count). The lowest BCUT2D eigenvalue weighted by Gasteiger charge is -1.99. The first-order valence-corrected chi connectivity index (χ1v) is 4.80. The lowest BCUT2D eigenvalue weighted by molar-refractivity contribution is 0.477. The summed E-state index contributed by atoms with van der Waals surface area (Å²) < 4.78 is 0. The number of benzene rings is 1. The largest absolute Gasteiger partial charge is 0.506 e. The lowest BCUT2D eigenvalue weighted by atomic mass is 10.3. The van der Waals surface area contributed by atoms with Gasteiger partial charge in [-0.15, -0.1) is 0 Å². The minimum atomic E-state index is 0.292. The van der Waals surface area contributed by atoms with Crippen molar-refractivity contribution in [3.8, 4) is 5.75 Å². The van der Waals surface area contributed by atoms with Crippen LogP contribution in [0.25, 0.3) is 0 Å². The summed E-state index contributed by atoms with van der Waals surface area (Å²) >= 11 is 0. The van der Waals surface area contributed by atoms with E-state index in [4.69, 9.17) is 5.11 Å². The molecular weight excluding hydrogens is 162 g/mol. The molecule has 0 atom stereocenters. The molecule has 0 saturated heterocycles. The average molecular weight is 183 g/mol. The topological polar surface area (TPSA) is 32.3 Å². The van der Waals surface area contributed by atoms with Crippen LogP contribution in [-0.4, -0.2) is 12.2 Å². The maximum atomic E-state index is 9.05. The number of hydrogen-bond donors (Lipinski definition) is 2. The van der Waals surface area contributed by atoms with Crippen molar-refractivity contribution in [2.24, 2.45) is 0 Å². The average Bonchev–Trinajstić information content (AvgIpc) is 2.24. The molecular formula is C11H21NO. The van der Waals surface area contributed by atoms with Crippen molar-refractivity contribution in [3.63, 3.8) is 0 Å². The highest BCUT2D eigenvalue weighted by molar-refractivity contribution is 5.54.